The first kappa shape index (κ1) is 34.5. The van der Waals surface area contributed by atoms with Gasteiger partial charge in [0.15, 0.2) is 0 Å². The lowest BCUT2D eigenvalue weighted by atomic mass is 9.81. The molecule has 0 spiro atoms. The van der Waals surface area contributed by atoms with Crippen LogP contribution in [0.2, 0.25) is 0 Å². The van der Waals surface area contributed by atoms with E-state index in [-0.39, 0.29) is 5.41 Å². The minimum Gasteiger partial charge on any atom is -0.310 e. The number of anilines is 3. The van der Waals surface area contributed by atoms with Gasteiger partial charge in [-0.05, 0) is 127 Å². The molecule has 0 aliphatic heterocycles. The van der Waals surface area contributed by atoms with Crippen molar-refractivity contribution in [1.29, 1.82) is 0 Å². The molecule has 0 atom stereocenters. The lowest BCUT2D eigenvalue weighted by Gasteiger charge is -2.30. The van der Waals surface area contributed by atoms with Crippen molar-refractivity contribution in [1.82, 2.24) is 0 Å². The van der Waals surface area contributed by atoms with Crippen LogP contribution in [0.4, 0.5) is 17.1 Å². The lowest BCUT2D eigenvalue weighted by molar-refractivity contribution is 0.660. The Morgan fingerprint density at radius 1 is 0.351 bits per heavy atom. The lowest BCUT2D eigenvalue weighted by Crippen LogP contribution is -2.14. The molecule has 0 fully saturated rings. The third-order valence-electron chi connectivity index (χ3n) is 12.0. The highest BCUT2D eigenvalue weighted by Crippen LogP contribution is 2.50. The molecular formula is C56H43N. The molecule has 0 aromatic heterocycles. The summed E-state index contributed by atoms with van der Waals surface area (Å²) in [6, 6.07) is 75.7. The van der Waals surface area contributed by atoms with E-state index in [1.165, 1.54) is 83.1 Å². The van der Waals surface area contributed by atoms with Gasteiger partial charge in [-0.3, -0.25) is 0 Å². The third-order valence-corrected chi connectivity index (χ3v) is 12.0. The summed E-state index contributed by atoms with van der Waals surface area (Å²) in [4.78, 5) is 2.44. The number of benzene rings is 9. The van der Waals surface area contributed by atoms with Crippen LogP contribution in [0.3, 0.4) is 0 Å². The first-order valence-electron chi connectivity index (χ1n) is 19.9. The number of rotatable bonds is 7. The SMILES string of the molecule is Cc1ccccc1-c1c(-c2ccc3ccccc3c2)cccc1N(c1ccc(-c2ccccc2)cc1)c1ccc(-c2ccc3c(c2)C(C)(C)c2ccccc2-3)cc1. The van der Waals surface area contributed by atoms with Crippen LogP contribution < -0.4 is 4.90 Å². The van der Waals surface area contributed by atoms with Gasteiger partial charge in [0.1, 0.15) is 0 Å². The molecule has 57 heavy (non-hydrogen) atoms. The summed E-state index contributed by atoms with van der Waals surface area (Å²) in [5, 5.41) is 2.48. The van der Waals surface area contributed by atoms with Gasteiger partial charge in [-0.25, -0.2) is 0 Å². The second kappa shape index (κ2) is 14.0. The topological polar surface area (TPSA) is 3.24 Å². The van der Waals surface area contributed by atoms with E-state index >= 15 is 0 Å². The molecule has 9 aromatic rings. The quantitative estimate of drug-likeness (QED) is 0.158. The zero-order valence-corrected chi connectivity index (χ0v) is 32.6. The predicted octanol–water partition coefficient (Wildman–Crippen LogP) is 15.6. The van der Waals surface area contributed by atoms with E-state index in [0.717, 1.165) is 17.1 Å². The summed E-state index contributed by atoms with van der Waals surface area (Å²) in [7, 11) is 0. The third kappa shape index (κ3) is 6.04. The zero-order valence-electron chi connectivity index (χ0n) is 32.6. The van der Waals surface area contributed by atoms with Crippen LogP contribution in [0.1, 0.15) is 30.5 Å². The summed E-state index contributed by atoms with van der Waals surface area (Å²) < 4.78 is 0. The Morgan fingerprint density at radius 2 is 0.895 bits per heavy atom. The molecule has 0 heterocycles. The van der Waals surface area contributed by atoms with Crippen molar-refractivity contribution in [2.75, 3.05) is 4.90 Å². The largest absolute Gasteiger partial charge is 0.310 e. The molecule has 10 rings (SSSR count). The maximum atomic E-state index is 2.44. The summed E-state index contributed by atoms with van der Waals surface area (Å²) in [5.41, 5.74) is 19.7. The standard InChI is InChI=1S/C56H43N/c1-38-14-7-10-19-48(38)55-49(45-25-24-40-17-8-9-18-43(40)36-45)21-13-23-54(55)57(46-31-26-41(27-32-46)39-15-5-4-6-16-39)47-33-28-42(29-34-47)44-30-35-51-50-20-11-12-22-52(50)56(2,3)53(51)37-44/h4-37H,1-3H3. The minimum atomic E-state index is -0.0490. The second-order valence-corrected chi connectivity index (χ2v) is 15.8. The molecule has 0 unspecified atom stereocenters. The molecular weight excluding hydrogens is 687 g/mol. The van der Waals surface area contributed by atoms with Gasteiger partial charge in [-0.1, -0.05) is 178 Å². The second-order valence-electron chi connectivity index (χ2n) is 15.8. The van der Waals surface area contributed by atoms with E-state index in [1.807, 2.05) is 0 Å². The molecule has 0 saturated carbocycles. The summed E-state index contributed by atoms with van der Waals surface area (Å²) in [6.45, 7) is 6.92. The van der Waals surface area contributed by atoms with E-state index in [9.17, 15) is 0 Å². The number of fused-ring (bicyclic) bond motifs is 4. The average molecular weight is 730 g/mol. The minimum absolute atomic E-state index is 0.0490. The summed E-state index contributed by atoms with van der Waals surface area (Å²) in [5.74, 6) is 0. The number of aryl methyl sites for hydroxylation is 1. The maximum Gasteiger partial charge on any atom is 0.0546 e. The van der Waals surface area contributed by atoms with Crippen molar-refractivity contribution in [2.45, 2.75) is 26.2 Å². The fourth-order valence-corrected chi connectivity index (χ4v) is 9.01. The van der Waals surface area contributed by atoms with Gasteiger partial charge in [0, 0.05) is 22.4 Å². The highest BCUT2D eigenvalue weighted by molar-refractivity contribution is 5.99. The molecule has 9 aromatic carbocycles. The molecule has 0 amide bonds. The molecule has 0 bridgehead atoms. The Bertz CT molecular complexity index is 2920. The van der Waals surface area contributed by atoms with E-state index in [1.54, 1.807) is 0 Å². The smallest absolute Gasteiger partial charge is 0.0546 e. The fourth-order valence-electron chi connectivity index (χ4n) is 9.01. The summed E-state index contributed by atoms with van der Waals surface area (Å²) in [6.07, 6.45) is 0. The van der Waals surface area contributed by atoms with Gasteiger partial charge in [-0.2, -0.15) is 0 Å². The Labute approximate surface area is 336 Å². The van der Waals surface area contributed by atoms with Crippen molar-refractivity contribution in [3.05, 3.63) is 223 Å². The Hall–Kier alpha value is -6.96. The van der Waals surface area contributed by atoms with Gasteiger partial charge in [0.25, 0.3) is 0 Å². The van der Waals surface area contributed by atoms with Gasteiger partial charge in [0.05, 0.1) is 5.69 Å². The molecule has 0 N–H and O–H groups in total. The normalized spacial score (nSPS) is 12.6. The van der Waals surface area contributed by atoms with Crippen LogP contribution >= 0.6 is 0 Å². The van der Waals surface area contributed by atoms with Crippen LogP contribution in [0, 0.1) is 6.92 Å². The van der Waals surface area contributed by atoms with E-state index in [2.05, 4.69) is 232 Å². The monoisotopic (exact) mass is 729 g/mol. The summed E-state index contributed by atoms with van der Waals surface area (Å²) >= 11 is 0. The van der Waals surface area contributed by atoms with Crippen molar-refractivity contribution in [2.24, 2.45) is 0 Å². The molecule has 1 aliphatic carbocycles. The first-order valence-corrected chi connectivity index (χ1v) is 19.9. The zero-order chi connectivity index (χ0) is 38.5. The van der Waals surface area contributed by atoms with Crippen LogP contribution in [0.25, 0.3) is 66.4 Å². The van der Waals surface area contributed by atoms with Crippen LogP contribution in [-0.4, -0.2) is 0 Å². The molecule has 0 radical (unpaired) electrons. The van der Waals surface area contributed by atoms with Gasteiger partial charge in [0.2, 0.25) is 0 Å². The van der Waals surface area contributed by atoms with Crippen LogP contribution in [0.15, 0.2) is 206 Å². The van der Waals surface area contributed by atoms with Gasteiger partial charge >= 0.3 is 0 Å². The fraction of sp³-hybridized carbons (Fsp3) is 0.0714. The number of nitrogens with zero attached hydrogens (tertiary/aromatic N) is 1. The highest BCUT2D eigenvalue weighted by atomic mass is 15.1. The molecule has 0 saturated heterocycles. The maximum absolute atomic E-state index is 2.44. The predicted molar refractivity (Wildman–Crippen MR) is 243 cm³/mol. The Balaban J connectivity index is 1.14. The number of hydrogen-bond donors (Lipinski definition) is 0. The van der Waals surface area contributed by atoms with Crippen LogP contribution in [-0.2, 0) is 5.41 Å². The molecule has 272 valence electrons. The first-order chi connectivity index (χ1) is 27.9. The van der Waals surface area contributed by atoms with E-state index in [4.69, 9.17) is 0 Å². The number of hydrogen-bond acceptors (Lipinski definition) is 1. The average Bonchev–Trinajstić information content (AvgIpc) is 3.50. The van der Waals surface area contributed by atoms with Crippen LogP contribution in [0.5, 0.6) is 0 Å². The van der Waals surface area contributed by atoms with Crippen molar-refractivity contribution < 1.29 is 0 Å². The van der Waals surface area contributed by atoms with E-state index in [0.29, 0.717) is 0 Å². The van der Waals surface area contributed by atoms with Crippen molar-refractivity contribution >= 4 is 27.8 Å². The van der Waals surface area contributed by atoms with Crippen molar-refractivity contribution in [3.8, 4) is 55.6 Å². The Morgan fingerprint density at radius 3 is 1.63 bits per heavy atom. The van der Waals surface area contributed by atoms with Crippen molar-refractivity contribution in [3.63, 3.8) is 0 Å². The molecule has 1 nitrogen and oxygen atoms in total. The highest BCUT2D eigenvalue weighted by Gasteiger charge is 2.35. The molecule has 1 heteroatoms. The molecule has 1 aliphatic rings. The van der Waals surface area contributed by atoms with Gasteiger partial charge in [-0.15, -0.1) is 0 Å². The van der Waals surface area contributed by atoms with E-state index < -0.39 is 0 Å². The Kier molecular flexibility index (Phi) is 8.46. The van der Waals surface area contributed by atoms with Gasteiger partial charge < -0.3 is 4.90 Å².